The van der Waals surface area contributed by atoms with Crippen LogP contribution in [0.25, 0.3) is 0 Å². The summed E-state index contributed by atoms with van der Waals surface area (Å²) >= 11 is 0. The molecule has 0 fully saturated rings. The monoisotopic (exact) mass is 287 g/mol. The molecule has 0 bridgehead atoms. The maximum absolute atomic E-state index is 11.7. The Morgan fingerprint density at radius 3 is 2.20 bits per heavy atom. The number of carboxylic acids is 1. The number of carbonyl (C=O) groups excluding carboxylic acids is 2. The highest BCUT2D eigenvalue weighted by atomic mass is 16.4. The number of nitrogens with one attached hydrogen (secondary N) is 1. The van der Waals surface area contributed by atoms with Crippen molar-refractivity contribution in [2.45, 2.75) is 45.6 Å². The second kappa shape index (κ2) is 9.30. The van der Waals surface area contributed by atoms with E-state index in [-0.39, 0.29) is 12.3 Å². The normalized spacial score (nSPS) is 13.8. The van der Waals surface area contributed by atoms with Crippen molar-refractivity contribution >= 4 is 17.8 Å². The summed E-state index contributed by atoms with van der Waals surface area (Å²) in [6, 6.07) is -1.26. The first kappa shape index (κ1) is 18.4. The van der Waals surface area contributed by atoms with Crippen molar-refractivity contribution in [1.29, 1.82) is 0 Å². The molecule has 0 aromatic heterocycles. The van der Waals surface area contributed by atoms with Gasteiger partial charge in [0.15, 0.2) is 0 Å². The lowest BCUT2D eigenvalue weighted by molar-refractivity contribution is -0.143. The zero-order valence-electron chi connectivity index (χ0n) is 12.1. The molecule has 2 amide bonds. The number of primary amides is 1. The largest absolute Gasteiger partial charge is 0.480 e. The standard InChI is InChI=1S/C13H25N3O4/c1-8(2)9(5-6-14)3-4-12(18)16-10(13(19)20)7-11(15)17/h8-10H,3-7,14H2,1-2H3,(H2,15,17)(H,16,18)(H,19,20)/t9?,10-/m1/s1. The predicted molar refractivity (Wildman–Crippen MR) is 74.6 cm³/mol. The van der Waals surface area contributed by atoms with Crippen LogP contribution in [0.5, 0.6) is 0 Å². The van der Waals surface area contributed by atoms with Crippen LogP contribution in [-0.2, 0) is 14.4 Å². The summed E-state index contributed by atoms with van der Waals surface area (Å²) in [6.45, 7) is 4.68. The molecule has 0 aromatic carbocycles. The third kappa shape index (κ3) is 7.73. The van der Waals surface area contributed by atoms with E-state index in [1.807, 2.05) is 0 Å². The summed E-state index contributed by atoms with van der Waals surface area (Å²) in [4.78, 5) is 33.3. The van der Waals surface area contributed by atoms with Gasteiger partial charge in [-0.1, -0.05) is 13.8 Å². The van der Waals surface area contributed by atoms with E-state index in [2.05, 4.69) is 19.2 Å². The summed E-state index contributed by atoms with van der Waals surface area (Å²) in [7, 11) is 0. The number of rotatable bonds is 10. The maximum Gasteiger partial charge on any atom is 0.326 e. The first-order valence-electron chi connectivity index (χ1n) is 6.78. The van der Waals surface area contributed by atoms with Crippen molar-refractivity contribution in [2.24, 2.45) is 23.3 Å². The summed E-state index contributed by atoms with van der Waals surface area (Å²) in [6.07, 6.45) is 1.28. The summed E-state index contributed by atoms with van der Waals surface area (Å²) < 4.78 is 0. The highest BCUT2D eigenvalue weighted by Crippen LogP contribution is 2.20. The van der Waals surface area contributed by atoms with E-state index >= 15 is 0 Å². The Labute approximate surface area is 119 Å². The summed E-state index contributed by atoms with van der Waals surface area (Å²) in [5.41, 5.74) is 10.5. The van der Waals surface area contributed by atoms with E-state index in [9.17, 15) is 14.4 Å². The van der Waals surface area contributed by atoms with Gasteiger partial charge in [0, 0.05) is 6.42 Å². The molecule has 1 unspecified atom stereocenters. The minimum atomic E-state index is -1.26. The third-order valence-electron chi connectivity index (χ3n) is 3.26. The van der Waals surface area contributed by atoms with Gasteiger partial charge in [-0.15, -0.1) is 0 Å². The SMILES string of the molecule is CC(C)C(CCN)CCC(=O)N[C@H](CC(N)=O)C(=O)O. The van der Waals surface area contributed by atoms with E-state index in [4.69, 9.17) is 16.6 Å². The van der Waals surface area contributed by atoms with Crippen molar-refractivity contribution in [3.05, 3.63) is 0 Å². The Morgan fingerprint density at radius 1 is 1.20 bits per heavy atom. The summed E-state index contributed by atoms with van der Waals surface area (Å²) in [5.74, 6) is -1.68. The average Bonchev–Trinajstić information content (AvgIpc) is 2.32. The predicted octanol–water partition coefficient (Wildman–Crippen LogP) is -0.168. The van der Waals surface area contributed by atoms with Gasteiger partial charge < -0.3 is 21.9 Å². The minimum Gasteiger partial charge on any atom is -0.480 e. The van der Waals surface area contributed by atoms with Gasteiger partial charge >= 0.3 is 5.97 Å². The molecule has 0 aliphatic rings. The van der Waals surface area contributed by atoms with Crippen molar-refractivity contribution in [2.75, 3.05) is 6.54 Å². The first-order valence-corrected chi connectivity index (χ1v) is 6.78. The zero-order valence-corrected chi connectivity index (χ0v) is 12.1. The van der Waals surface area contributed by atoms with Crippen LogP contribution in [0.4, 0.5) is 0 Å². The van der Waals surface area contributed by atoms with Crippen molar-refractivity contribution in [3.63, 3.8) is 0 Å². The van der Waals surface area contributed by atoms with Gasteiger partial charge in [0.1, 0.15) is 6.04 Å². The molecule has 0 aromatic rings. The number of hydrogen-bond donors (Lipinski definition) is 4. The lowest BCUT2D eigenvalue weighted by Crippen LogP contribution is -2.43. The lowest BCUT2D eigenvalue weighted by atomic mass is 9.88. The number of amides is 2. The van der Waals surface area contributed by atoms with Gasteiger partial charge in [0.25, 0.3) is 0 Å². The lowest BCUT2D eigenvalue weighted by Gasteiger charge is -2.20. The van der Waals surface area contributed by atoms with Gasteiger partial charge in [-0.05, 0) is 31.2 Å². The fourth-order valence-corrected chi connectivity index (χ4v) is 2.01. The molecule has 116 valence electrons. The van der Waals surface area contributed by atoms with Crippen LogP contribution in [0.3, 0.4) is 0 Å². The number of carbonyl (C=O) groups is 3. The zero-order chi connectivity index (χ0) is 15.7. The fourth-order valence-electron chi connectivity index (χ4n) is 2.01. The second-order valence-electron chi connectivity index (χ2n) is 5.25. The van der Waals surface area contributed by atoms with E-state index < -0.39 is 24.3 Å². The molecular formula is C13H25N3O4. The maximum atomic E-state index is 11.7. The van der Waals surface area contributed by atoms with Crippen LogP contribution in [0, 0.1) is 11.8 Å². The quantitative estimate of drug-likeness (QED) is 0.442. The molecule has 20 heavy (non-hydrogen) atoms. The fraction of sp³-hybridized carbons (Fsp3) is 0.769. The first-order chi connectivity index (χ1) is 9.27. The molecule has 0 heterocycles. The third-order valence-corrected chi connectivity index (χ3v) is 3.26. The second-order valence-corrected chi connectivity index (χ2v) is 5.25. The van der Waals surface area contributed by atoms with Gasteiger partial charge in [-0.2, -0.15) is 0 Å². The molecular weight excluding hydrogens is 262 g/mol. The van der Waals surface area contributed by atoms with Crippen molar-refractivity contribution in [1.82, 2.24) is 5.32 Å². The van der Waals surface area contributed by atoms with Crippen LogP contribution in [0.15, 0.2) is 0 Å². The number of aliphatic carboxylic acids is 1. The van der Waals surface area contributed by atoms with Gasteiger partial charge in [-0.3, -0.25) is 9.59 Å². The molecule has 7 heteroatoms. The number of nitrogens with two attached hydrogens (primary N) is 2. The Kier molecular flexibility index (Phi) is 8.54. The average molecular weight is 287 g/mol. The highest BCUT2D eigenvalue weighted by molar-refractivity contribution is 5.88. The van der Waals surface area contributed by atoms with Gasteiger partial charge in [0.2, 0.25) is 11.8 Å². The molecule has 0 aliphatic carbocycles. The molecule has 6 N–H and O–H groups in total. The van der Waals surface area contributed by atoms with Crippen LogP contribution in [0.2, 0.25) is 0 Å². The number of carboxylic acid groups (broad SMARTS) is 1. The smallest absolute Gasteiger partial charge is 0.326 e. The molecule has 2 atom stereocenters. The minimum absolute atomic E-state index is 0.214. The van der Waals surface area contributed by atoms with Gasteiger partial charge in [0.05, 0.1) is 6.42 Å². The molecule has 0 radical (unpaired) electrons. The topological polar surface area (TPSA) is 136 Å². The van der Waals surface area contributed by atoms with Crippen LogP contribution in [0.1, 0.15) is 39.5 Å². The van der Waals surface area contributed by atoms with E-state index in [1.165, 1.54) is 0 Å². The molecule has 0 rings (SSSR count). The number of hydrogen-bond acceptors (Lipinski definition) is 4. The van der Waals surface area contributed by atoms with E-state index in [0.29, 0.717) is 24.8 Å². The van der Waals surface area contributed by atoms with Crippen LogP contribution >= 0.6 is 0 Å². The Balaban J connectivity index is 4.31. The molecule has 0 spiro atoms. The highest BCUT2D eigenvalue weighted by Gasteiger charge is 2.22. The molecule has 0 aliphatic heterocycles. The Bertz CT molecular complexity index is 345. The van der Waals surface area contributed by atoms with Crippen LogP contribution in [-0.4, -0.2) is 35.5 Å². The van der Waals surface area contributed by atoms with Gasteiger partial charge in [-0.25, -0.2) is 4.79 Å². The van der Waals surface area contributed by atoms with E-state index in [1.54, 1.807) is 0 Å². The van der Waals surface area contributed by atoms with Crippen molar-refractivity contribution in [3.8, 4) is 0 Å². The molecule has 7 nitrogen and oxygen atoms in total. The van der Waals surface area contributed by atoms with Crippen LogP contribution < -0.4 is 16.8 Å². The summed E-state index contributed by atoms with van der Waals surface area (Å²) in [5, 5.41) is 11.2. The Morgan fingerprint density at radius 2 is 1.80 bits per heavy atom. The molecule has 0 saturated carbocycles. The van der Waals surface area contributed by atoms with E-state index in [0.717, 1.165) is 6.42 Å². The Hall–Kier alpha value is -1.63. The molecule has 0 saturated heterocycles. The van der Waals surface area contributed by atoms with Crippen molar-refractivity contribution < 1.29 is 19.5 Å².